The standard InChI is InChI=1S/C18H21BrN6O/c19-13-11-22-25-17(21-10-12-4-3-7-20-9-12)8-16(24-18(13)25)23-14-5-1-2-6-15(14)26/h3-4,7-9,11,14-15,21,26H,1-2,5-6,10H2,(H,23,24)/t14-,15+/m1/s1. The third-order valence-electron chi connectivity index (χ3n) is 4.69. The fraction of sp³-hybridized carbons (Fsp3) is 0.389. The number of nitrogens with zero attached hydrogens (tertiary/aromatic N) is 4. The molecule has 0 unspecified atom stereocenters. The van der Waals surface area contributed by atoms with Crippen LogP contribution in [0.5, 0.6) is 0 Å². The number of aliphatic hydroxyl groups excluding tert-OH is 1. The smallest absolute Gasteiger partial charge is 0.173 e. The first-order valence-corrected chi connectivity index (χ1v) is 9.61. The summed E-state index contributed by atoms with van der Waals surface area (Å²) >= 11 is 3.51. The molecule has 0 radical (unpaired) electrons. The van der Waals surface area contributed by atoms with Crippen molar-refractivity contribution in [1.29, 1.82) is 0 Å². The minimum atomic E-state index is -0.332. The minimum Gasteiger partial charge on any atom is -0.391 e. The van der Waals surface area contributed by atoms with Crippen molar-refractivity contribution in [1.82, 2.24) is 19.6 Å². The fourth-order valence-electron chi connectivity index (χ4n) is 3.30. The van der Waals surface area contributed by atoms with Crippen molar-refractivity contribution in [3.05, 3.63) is 46.8 Å². The normalized spacial score (nSPS) is 20.2. The lowest BCUT2D eigenvalue weighted by Crippen LogP contribution is -2.36. The van der Waals surface area contributed by atoms with Gasteiger partial charge in [-0.15, -0.1) is 0 Å². The highest BCUT2D eigenvalue weighted by molar-refractivity contribution is 9.10. The Labute approximate surface area is 160 Å². The monoisotopic (exact) mass is 416 g/mol. The summed E-state index contributed by atoms with van der Waals surface area (Å²) in [6, 6.07) is 5.91. The summed E-state index contributed by atoms with van der Waals surface area (Å²) < 4.78 is 2.60. The average molecular weight is 417 g/mol. The number of hydrogen-bond donors (Lipinski definition) is 3. The molecule has 0 spiro atoms. The quantitative estimate of drug-likeness (QED) is 0.591. The maximum absolute atomic E-state index is 10.2. The van der Waals surface area contributed by atoms with Gasteiger partial charge in [0.05, 0.1) is 22.8 Å². The third-order valence-corrected chi connectivity index (χ3v) is 5.25. The number of hydrogen-bond acceptors (Lipinski definition) is 6. The molecule has 0 bridgehead atoms. The zero-order chi connectivity index (χ0) is 17.9. The van der Waals surface area contributed by atoms with E-state index in [1.165, 1.54) is 0 Å². The van der Waals surface area contributed by atoms with Gasteiger partial charge in [-0.05, 0) is 40.4 Å². The van der Waals surface area contributed by atoms with E-state index < -0.39 is 0 Å². The van der Waals surface area contributed by atoms with Gasteiger partial charge in [-0.1, -0.05) is 18.9 Å². The zero-order valence-electron chi connectivity index (χ0n) is 14.3. The Balaban J connectivity index is 1.60. The highest BCUT2D eigenvalue weighted by Gasteiger charge is 2.23. The van der Waals surface area contributed by atoms with Gasteiger partial charge in [-0.25, -0.2) is 4.98 Å². The second-order valence-electron chi connectivity index (χ2n) is 6.57. The predicted molar refractivity (Wildman–Crippen MR) is 104 cm³/mol. The van der Waals surface area contributed by atoms with Gasteiger partial charge in [0.1, 0.15) is 11.6 Å². The van der Waals surface area contributed by atoms with Gasteiger partial charge in [0.25, 0.3) is 0 Å². The van der Waals surface area contributed by atoms with Gasteiger partial charge in [-0.3, -0.25) is 4.98 Å². The number of fused-ring (bicyclic) bond motifs is 1. The minimum absolute atomic E-state index is 0.0339. The van der Waals surface area contributed by atoms with Crippen molar-refractivity contribution in [2.75, 3.05) is 10.6 Å². The summed E-state index contributed by atoms with van der Waals surface area (Å²) in [5, 5.41) is 21.4. The van der Waals surface area contributed by atoms with Gasteiger partial charge >= 0.3 is 0 Å². The molecule has 3 aromatic rings. The van der Waals surface area contributed by atoms with Crippen LogP contribution in [0.1, 0.15) is 31.2 Å². The Bertz CT molecular complexity index is 884. The van der Waals surface area contributed by atoms with Gasteiger partial charge < -0.3 is 15.7 Å². The molecule has 7 nitrogen and oxygen atoms in total. The molecule has 4 rings (SSSR count). The molecular weight excluding hydrogens is 396 g/mol. The average Bonchev–Trinajstić information content (AvgIpc) is 3.04. The van der Waals surface area contributed by atoms with E-state index in [0.717, 1.165) is 53.0 Å². The van der Waals surface area contributed by atoms with Crippen LogP contribution in [0, 0.1) is 0 Å². The first-order chi connectivity index (χ1) is 12.7. The molecule has 0 amide bonds. The Kier molecular flexibility index (Phi) is 5.03. The lowest BCUT2D eigenvalue weighted by molar-refractivity contribution is 0.116. The summed E-state index contributed by atoms with van der Waals surface area (Å²) in [6.07, 6.45) is 8.99. The molecule has 3 N–H and O–H groups in total. The molecule has 3 heterocycles. The van der Waals surface area contributed by atoms with Gasteiger partial charge in [-0.2, -0.15) is 9.61 Å². The second kappa shape index (κ2) is 7.59. The molecule has 0 aromatic carbocycles. The van der Waals surface area contributed by atoms with E-state index in [1.807, 2.05) is 24.4 Å². The Morgan fingerprint density at radius 3 is 2.96 bits per heavy atom. The van der Waals surface area contributed by atoms with Crippen molar-refractivity contribution in [3.8, 4) is 0 Å². The summed E-state index contributed by atoms with van der Waals surface area (Å²) in [5.41, 5.74) is 1.81. The third kappa shape index (κ3) is 3.66. The number of rotatable bonds is 5. The Morgan fingerprint density at radius 1 is 1.27 bits per heavy atom. The van der Waals surface area contributed by atoms with Gasteiger partial charge in [0, 0.05) is 25.0 Å². The highest BCUT2D eigenvalue weighted by atomic mass is 79.9. The lowest BCUT2D eigenvalue weighted by Gasteiger charge is -2.29. The van der Waals surface area contributed by atoms with Crippen LogP contribution >= 0.6 is 15.9 Å². The molecule has 2 atom stereocenters. The molecule has 8 heteroatoms. The summed E-state index contributed by atoms with van der Waals surface area (Å²) in [6.45, 7) is 0.635. The van der Waals surface area contributed by atoms with Crippen LogP contribution in [-0.2, 0) is 6.54 Å². The molecule has 1 saturated carbocycles. The number of aliphatic hydroxyl groups is 1. The molecule has 1 aliphatic carbocycles. The molecule has 1 aliphatic rings. The molecule has 26 heavy (non-hydrogen) atoms. The number of nitrogens with one attached hydrogen (secondary N) is 2. The van der Waals surface area contributed by atoms with E-state index in [0.29, 0.717) is 6.54 Å². The van der Waals surface area contributed by atoms with Crippen LogP contribution in [-0.4, -0.2) is 36.8 Å². The second-order valence-corrected chi connectivity index (χ2v) is 7.43. The first-order valence-electron chi connectivity index (χ1n) is 8.82. The van der Waals surface area contributed by atoms with E-state index in [2.05, 4.69) is 41.6 Å². The highest BCUT2D eigenvalue weighted by Crippen LogP contribution is 2.26. The van der Waals surface area contributed by atoms with E-state index in [-0.39, 0.29) is 12.1 Å². The van der Waals surface area contributed by atoms with Crippen molar-refractivity contribution in [3.63, 3.8) is 0 Å². The first kappa shape index (κ1) is 17.2. The zero-order valence-corrected chi connectivity index (χ0v) is 15.9. The van der Waals surface area contributed by atoms with Crippen LogP contribution in [0.3, 0.4) is 0 Å². The number of halogens is 1. The number of aromatic nitrogens is 4. The van der Waals surface area contributed by atoms with E-state index in [4.69, 9.17) is 0 Å². The molecule has 1 fully saturated rings. The summed E-state index contributed by atoms with van der Waals surface area (Å²) in [7, 11) is 0. The van der Waals surface area contributed by atoms with Crippen LogP contribution in [0.25, 0.3) is 5.65 Å². The SMILES string of the molecule is O[C@H]1CCCC[C@H]1Nc1cc(NCc2cccnc2)n2ncc(Br)c2n1. The maximum Gasteiger partial charge on any atom is 0.173 e. The predicted octanol–water partition coefficient (Wildman–Crippen LogP) is 3.21. The maximum atomic E-state index is 10.2. The van der Waals surface area contributed by atoms with Crippen molar-refractivity contribution < 1.29 is 5.11 Å². The summed E-state index contributed by atoms with van der Waals surface area (Å²) in [4.78, 5) is 8.80. The van der Waals surface area contributed by atoms with Crippen LogP contribution in [0.2, 0.25) is 0 Å². The molecule has 0 aliphatic heterocycles. The lowest BCUT2D eigenvalue weighted by atomic mass is 9.92. The molecular formula is C18H21BrN6O. The fourth-order valence-corrected chi connectivity index (χ4v) is 3.65. The largest absolute Gasteiger partial charge is 0.391 e. The van der Waals surface area contributed by atoms with Crippen molar-refractivity contribution >= 4 is 33.2 Å². The molecule has 0 saturated heterocycles. The van der Waals surface area contributed by atoms with Crippen molar-refractivity contribution in [2.45, 2.75) is 44.4 Å². The Morgan fingerprint density at radius 2 is 2.15 bits per heavy atom. The number of pyridine rings is 1. The molecule has 3 aromatic heterocycles. The van der Waals surface area contributed by atoms with Crippen LogP contribution in [0.4, 0.5) is 11.6 Å². The van der Waals surface area contributed by atoms with Gasteiger partial charge in [0.15, 0.2) is 5.65 Å². The van der Waals surface area contributed by atoms with Gasteiger partial charge in [0.2, 0.25) is 0 Å². The Hall–Kier alpha value is -2.19. The van der Waals surface area contributed by atoms with E-state index in [1.54, 1.807) is 16.9 Å². The van der Waals surface area contributed by atoms with Crippen LogP contribution < -0.4 is 10.6 Å². The van der Waals surface area contributed by atoms with Crippen LogP contribution in [0.15, 0.2) is 41.3 Å². The van der Waals surface area contributed by atoms with Crippen molar-refractivity contribution in [2.24, 2.45) is 0 Å². The summed E-state index contributed by atoms with van der Waals surface area (Å²) in [5.74, 6) is 1.57. The van der Waals surface area contributed by atoms with E-state index in [9.17, 15) is 5.11 Å². The number of anilines is 2. The topological polar surface area (TPSA) is 87.4 Å². The molecule has 136 valence electrons. The van der Waals surface area contributed by atoms with E-state index >= 15 is 0 Å².